The van der Waals surface area contributed by atoms with Crippen molar-refractivity contribution in [2.75, 3.05) is 33.0 Å². The van der Waals surface area contributed by atoms with E-state index in [0.29, 0.717) is 19.4 Å². The van der Waals surface area contributed by atoms with Crippen molar-refractivity contribution in [2.45, 2.75) is 58.2 Å². The molecule has 48 heavy (non-hydrogen) atoms. The highest BCUT2D eigenvalue weighted by atomic mass is 16.6. The fraction of sp³-hybridized carbons (Fsp3) is 0.389. The molecule has 2 aromatic rings. The molecule has 12 nitrogen and oxygen atoms in total. The maximum atomic E-state index is 12.5. The predicted octanol–water partition coefficient (Wildman–Crippen LogP) is 6.34. The van der Waals surface area contributed by atoms with Crippen LogP contribution in [0.25, 0.3) is 0 Å². The monoisotopic (exact) mass is 664 g/mol. The second-order valence-corrected chi connectivity index (χ2v) is 11.7. The molecule has 0 fully saturated rings. The van der Waals surface area contributed by atoms with Gasteiger partial charge in [-0.15, -0.1) is 0 Å². The van der Waals surface area contributed by atoms with Gasteiger partial charge in [0.25, 0.3) is 0 Å². The van der Waals surface area contributed by atoms with E-state index in [-0.39, 0.29) is 33.0 Å². The van der Waals surface area contributed by atoms with E-state index < -0.39 is 35.5 Å². The van der Waals surface area contributed by atoms with Crippen molar-refractivity contribution in [3.8, 4) is 0 Å². The van der Waals surface area contributed by atoms with Crippen molar-refractivity contribution in [3.05, 3.63) is 108 Å². The maximum absolute atomic E-state index is 12.5. The summed E-state index contributed by atoms with van der Waals surface area (Å²) in [5.41, 5.74) is 1.70. The van der Waals surface area contributed by atoms with Crippen LogP contribution in [-0.2, 0) is 36.6 Å². The Morgan fingerprint density at radius 3 is 1.62 bits per heavy atom. The van der Waals surface area contributed by atoms with Gasteiger partial charge < -0.3 is 40.2 Å². The normalized spacial score (nSPS) is 11.4. The van der Waals surface area contributed by atoms with E-state index in [1.165, 1.54) is 0 Å². The Morgan fingerprint density at radius 1 is 0.667 bits per heavy atom. The van der Waals surface area contributed by atoms with Crippen molar-refractivity contribution in [1.29, 1.82) is 0 Å². The average Bonchev–Trinajstić information content (AvgIpc) is 3.05. The van der Waals surface area contributed by atoms with Gasteiger partial charge in [-0.25, -0.2) is 19.2 Å². The first kappa shape index (κ1) is 38.9. The van der Waals surface area contributed by atoms with Crippen molar-refractivity contribution in [2.24, 2.45) is 0 Å². The molecule has 260 valence electrons. The molecule has 0 spiro atoms. The number of rotatable bonds is 18. The van der Waals surface area contributed by atoms with Gasteiger partial charge in [0.05, 0.1) is 37.5 Å². The largest absolute Gasteiger partial charge is 0.449 e. The van der Waals surface area contributed by atoms with Crippen LogP contribution in [0.15, 0.2) is 91.6 Å². The second-order valence-electron chi connectivity index (χ2n) is 11.7. The molecule has 12 heteroatoms. The quantitative estimate of drug-likeness (QED) is 0.0818. The molecule has 0 saturated carbocycles. The van der Waals surface area contributed by atoms with E-state index in [0.717, 1.165) is 22.3 Å². The van der Waals surface area contributed by atoms with E-state index in [1.807, 2.05) is 82.3 Å². The summed E-state index contributed by atoms with van der Waals surface area (Å²) in [5.74, 6) is 0. The number of benzene rings is 2. The van der Waals surface area contributed by atoms with Crippen LogP contribution in [0.5, 0.6) is 0 Å². The molecule has 0 aliphatic rings. The minimum Gasteiger partial charge on any atom is -0.449 e. The van der Waals surface area contributed by atoms with E-state index in [4.69, 9.17) is 18.9 Å². The van der Waals surface area contributed by atoms with Crippen molar-refractivity contribution in [3.63, 3.8) is 0 Å². The van der Waals surface area contributed by atoms with Crippen molar-refractivity contribution in [1.82, 2.24) is 21.3 Å². The van der Waals surface area contributed by atoms with Gasteiger partial charge in [-0.2, -0.15) is 0 Å². The van der Waals surface area contributed by atoms with Gasteiger partial charge in [-0.3, -0.25) is 0 Å². The smallest absolute Gasteiger partial charge is 0.407 e. The molecular formula is C36H48N4O8. The van der Waals surface area contributed by atoms with Gasteiger partial charge in [0.1, 0.15) is 0 Å². The molecule has 0 saturated heterocycles. The van der Waals surface area contributed by atoms with E-state index in [2.05, 4.69) is 34.4 Å². The molecule has 0 aromatic heterocycles. The molecule has 4 N–H and O–H groups in total. The molecule has 0 heterocycles. The number of hydrogen-bond acceptors (Lipinski definition) is 8. The third-order valence-electron chi connectivity index (χ3n) is 6.96. The lowest BCUT2D eigenvalue weighted by atomic mass is 9.87. The van der Waals surface area contributed by atoms with E-state index in [9.17, 15) is 19.2 Å². The highest BCUT2D eigenvalue weighted by molar-refractivity contribution is 5.70. The third kappa shape index (κ3) is 14.9. The van der Waals surface area contributed by atoms with Gasteiger partial charge in [0, 0.05) is 25.9 Å². The lowest BCUT2D eigenvalue weighted by Crippen LogP contribution is -2.43. The molecule has 0 bridgehead atoms. The second kappa shape index (κ2) is 20.1. The van der Waals surface area contributed by atoms with Crippen LogP contribution in [0.4, 0.5) is 19.2 Å². The summed E-state index contributed by atoms with van der Waals surface area (Å²) >= 11 is 0. The van der Waals surface area contributed by atoms with Gasteiger partial charge >= 0.3 is 24.4 Å². The number of amides is 4. The molecule has 2 rings (SSSR count). The molecule has 0 radical (unpaired) electrons. The number of carbonyl (C=O) groups excluding carboxylic acids is 4. The summed E-state index contributed by atoms with van der Waals surface area (Å²) in [6, 6.07) is 16.9. The third-order valence-corrected chi connectivity index (χ3v) is 6.96. The number of nitrogens with one attached hydrogen (secondary N) is 4. The first-order valence-corrected chi connectivity index (χ1v) is 15.7. The Hall–Kier alpha value is -5.26. The van der Waals surface area contributed by atoms with E-state index >= 15 is 0 Å². The van der Waals surface area contributed by atoms with Gasteiger partial charge in [0.2, 0.25) is 0 Å². The van der Waals surface area contributed by atoms with Crippen molar-refractivity contribution < 1.29 is 38.1 Å². The zero-order valence-electron chi connectivity index (χ0n) is 28.3. The fourth-order valence-electron chi connectivity index (χ4n) is 4.20. The Bertz CT molecular complexity index is 1410. The number of hydrogen-bond donors (Lipinski definition) is 4. The van der Waals surface area contributed by atoms with Crippen LogP contribution >= 0.6 is 0 Å². The lowest BCUT2D eigenvalue weighted by molar-refractivity contribution is 0.112. The number of carbonyl (C=O) groups is 4. The molecule has 2 aromatic carbocycles. The Labute approximate surface area is 282 Å². The number of allylic oxidation sites excluding steroid dienone is 2. The van der Waals surface area contributed by atoms with Gasteiger partial charge in [-0.05, 0) is 50.0 Å². The average molecular weight is 665 g/mol. The van der Waals surface area contributed by atoms with Gasteiger partial charge in [0.15, 0.2) is 0 Å². The predicted molar refractivity (Wildman–Crippen MR) is 183 cm³/mol. The van der Waals surface area contributed by atoms with Crippen LogP contribution in [0, 0.1) is 0 Å². The summed E-state index contributed by atoms with van der Waals surface area (Å²) in [5, 5.41) is 11.0. The summed E-state index contributed by atoms with van der Waals surface area (Å²) in [6.45, 7) is 15.5. The SMILES string of the molecule is C=C/C=C(\C=C)CNC(=O)OCCCOC(=O)NC(C)(C)c1cccc(C(C)(C)NC(=O)OCCCOC(=O)NCc2ccccc2)c1. The Morgan fingerprint density at radius 2 is 1.15 bits per heavy atom. The molecule has 0 atom stereocenters. The highest BCUT2D eigenvalue weighted by Crippen LogP contribution is 2.27. The Balaban J connectivity index is 1.72. The highest BCUT2D eigenvalue weighted by Gasteiger charge is 2.28. The van der Waals surface area contributed by atoms with Crippen LogP contribution < -0.4 is 21.3 Å². The first-order chi connectivity index (χ1) is 22.9. The van der Waals surface area contributed by atoms with Gasteiger partial charge in [-0.1, -0.05) is 86.0 Å². The molecule has 0 aliphatic carbocycles. The van der Waals surface area contributed by atoms with E-state index in [1.54, 1.807) is 18.2 Å². The Kier molecular flexibility index (Phi) is 16.3. The zero-order valence-corrected chi connectivity index (χ0v) is 28.3. The van der Waals surface area contributed by atoms with Crippen LogP contribution in [0.3, 0.4) is 0 Å². The van der Waals surface area contributed by atoms with Crippen molar-refractivity contribution >= 4 is 24.4 Å². The standard InChI is InChI=1S/C36H48N4O8/c1-7-15-27(8-2)25-37-31(41)45-20-13-22-47-33(43)39-35(3,4)29-18-12-19-30(24-29)36(5,6)40-34(44)48-23-14-21-46-32(42)38-26-28-16-10-9-11-17-28/h7-12,15-19,24H,1-2,13-14,20-23,25-26H2,3-6H3,(H,37,41)(H,38,42)(H,39,43)(H,40,44)/b27-15+. The van der Waals surface area contributed by atoms with Crippen LogP contribution in [0.2, 0.25) is 0 Å². The lowest BCUT2D eigenvalue weighted by Gasteiger charge is -2.30. The zero-order chi connectivity index (χ0) is 35.4. The topological polar surface area (TPSA) is 153 Å². The first-order valence-electron chi connectivity index (χ1n) is 15.7. The molecular weight excluding hydrogens is 616 g/mol. The summed E-state index contributed by atoms with van der Waals surface area (Å²) in [4.78, 5) is 48.7. The summed E-state index contributed by atoms with van der Waals surface area (Å²) < 4.78 is 20.8. The van der Waals surface area contributed by atoms with Crippen LogP contribution in [-0.4, -0.2) is 57.3 Å². The minimum absolute atomic E-state index is 0.0517. The molecule has 0 aliphatic heterocycles. The summed E-state index contributed by atoms with van der Waals surface area (Å²) in [6.07, 6.45) is 3.22. The number of alkyl carbamates (subject to hydrolysis) is 4. The molecule has 0 unspecified atom stereocenters. The fourth-order valence-corrected chi connectivity index (χ4v) is 4.20. The summed E-state index contributed by atoms with van der Waals surface area (Å²) in [7, 11) is 0. The van der Waals surface area contributed by atoms with Crippen LogP contribution in [0.1, 0.15) is 57.2 Å². The number of ether oxygens (including phenoxy) is 4. The molecule has 4 amide bonds. The minimum atomic E-state index is -0.810. The maximum Gasteiger partial charge on any atom is 0.407 e.